The van der Waals surface area contributed by atoms with Crippen LogP contribution in [0.1, 0.15) is 49.2 Å². The van der Waals surface area contributed by atoms with Crippen LogP contribution in [0.2, 0.25) is 0 Å². The highest BCUT2D eigenvalue weighted by molar-refractivity contribution is 7.89. The van der Waals surface area contributed by atoms with Crippen LogP contribution in [0.25, 0.3) is 0 Å². The van der Waals surface area contributed by atoms with Gasteiger partial charge in [-0.2, -0.15) is 0 Å². The molecule has 0 fully saturated rings. The zero-order chi connectivity index (χ0) is 16.2. The van der Waals surface area contributed by atoms with E-state index in [4.69, 9.17) is 5.14 Å². The largest absolute Gasteiger partial charge is 0.478 e. The molecule has 7 heteroatoms. The number of carbonyl (C=O) groups is 1. The number of hydrogen-bond acceptors (Lipinski definition) is 4. The average Bonchev–Trinajstić information content (AvgIpc) is 2.42. The maximum absolute atomic E-state index is 11.5. The van der Waals surface area contributed by atoms with Crippen LogP contribution in [0.3, 0.4) is 0 Å². The molecule has 1 aromatic rings. The fourth-order valence-corrected chi connectivity index (χ4v) is 3.08. The molecule has 0 saturated heterocycles. The minimum absolute atomic E-state index is 0.0619. The summed E-state index contributed by atoms with van der Waals surface area (Å²) in [6.07, 6.45) is 0.677. The zero-order valence-corrected chi connectivity index (χ0v) is 13.4. The topological polar surface area (TPSA) is 101 Å². The van der Waals surface area contributed by atoms with Crippen molar-refractivity contribution in [1.82, 2.24) is 4.90 Å². The third kappa shape index (κ3) is 4.03. The second kappa shape index (κ2) is 7.02. The van der Waals surface area contributed by atoms with Gasteiger partial charge in [0.05, 0.1) is 10.5 Å². The summed E-state index contributed by atoms with van der Waals surface area (Å²) >= 11 is 0. The first-order valence-electron chi connectivity index (χ1n) is 6.90. The lowest BCUT2D eigenvalue weighted by Crippen LogP contribution is -2.29. The van der Waals surface area contributed by atoms with Crippen molar-refractivity contribution in [2.24, 2.45) is 5.14 Å². The van der Waals surface area contributed by atoms with Crippen LogP contribution in [0.4, 0.5) is 0 Å². The molecular weight excluding hydrogens is 292 g/mol. The molecule has 1 unspecified atom stereocenters. The monoisotopic (exact) mass is 314 g/mol. The van der Waals surface area contributed by atoms with Crippen molar-refractivity contribution < 1.29 is 18.3 Å². The number of hydrogen-bond donors (Lipinski definition) is 2. The number of primary sulfonamides is 1. The predicted molar refractivity (Wildman–Crippen MR) is 80.7 cm³/mol. The number of nitrogens with two attached hydrogens (primary N) is 1. The van der Waals surface area contributed by atoms with Gasteiger partial charge in [-0.1, -0.05) is 20.8 Å². The van der Waals surface area contributed by atoms with E-state index in [1.54, 1.807) is 0 Å². The van der Waals surface area contributed by atoms with E-state index in [0.29, 0.717) is 12.0 Å². The Morgan fingerprint density at radius 3 is 2.24 bits per heavy atom. The van der Waals surface area contributed by atoms with E-state index in [9.17, 15) is 18.3 Å². The van der Waals surface area contributed by atoms with E-state index < -0.39 is 16.0 Å². The molecule has 21 heavy (non-hydrogen) atoms. The van der Waals surface area contributed by atoms with E-state index in [1.807, 2.05) is 20.8 Å². The molecule has 0 aliphatic rings. The molecule has 0 heterocycles. The zero-order valence-electron chi connectivity index (χ0n) is 12.5. The van der Waals surface area contributed by atoms with E-state index in [1.165, 1.54) is 18.2 Å². The van der Waals surface area contributed by atoms with Crippen LogP contribution in [0.5, 0.6) is 0 Å². The van der Waals surface area contributed by atoms with Crippen molar-refractivity contribution in [3.63, 3.8) is 0 Å². The van der Waals surface area contributed by atoms with E-state index >= 15 is 0 Å². The molecule has 0 spiro atoms. The highest BCUT2D eigenvalue weighted by Gasteiger charge is 2.24. The quantitative estimate of drug-likeness (QED) is 0.799. The molecule has 0 saturated carbocycles. The Morgan fingerprint density at radius 1 is 1.29 bits per heavy atom. The van der Waals surface area contributed by atoms with Crippen molar-refractivity contribution in [1.29, 1.82) is 0 Å². The molecule has 1 atom stereocenters. The summed E-state index contributed by atoms with van der Waals surface area (Å²) in [4.78, 5) is 13.4. The maximum atomic E-state index is 11.5. The average molecular weight is 314 g/mol. The van der Waals surface area contributed by atoms with Gasteiger partial charge in [-0.15, -0.1) is 0 Å². The van der Waals surface area contributed by atoms with Crippen molar-refractivity contribution in [3.05, 3.63) is 29.3 Å². The SMILES string of the molecule is CCC(c1cc(S(N)(=O)=O)ccc1C(=O)O)N(CC)CC. The third-order valence-corrected chi connectivity index (χ3v) is 4.49. The van der Waals surface area contributed by atoms with Gasteiger partial charge in [0.15, 0.2) is 0 Å². The van der Waals surface area contributed by atoms with Gasteiger partial charge in [-0.25, -0.2) is 18.4 Å². The van der Waals surface area contributed by atoms with Crippen LogP contribution >= 0.6 is 0 Å². The van der Waals surface area contributed by atoms with Gasteiger partial charge in [0, 0.05) is 6.04 Å². The molecular formula is C14H22N2O4S. The number of benzene rings is 1. The lowest BCUT2D eigenvalue weighted by Gasteiger charge is -2.30. The van der Waals surface area contributed by atoms with E-state index in [-0.39, 0.29) is 16.5 Å². The molecule has 0 bridgehead atoms. The molecule has 6 nitrogen and oxygen atoms in total. The third-order valence-electron chi connectivity index (χ3n) is 3.58. The minimum atomic E-state index is -3.86. The van der Waals surface area contributed by atoms with Gasteiger partial charge in [-0.05, 0) is 43.3 Å². The van der Waals surface area contributed by atoms with Gasteiger partial charge < -0.3 is 5.11 Å². The summed E-state index contributed by atoms with van der Waals surface area (Å²) in [6, 6.07) is 3.76. The predicted octanol–water partition coefficient (Wildman–Crippen LogP) is 1.83. The lowest BCUT2D eigenvalue weighted by atomic mass is 9.97. The number of sulfonamides is 1. The molecule has 3 N–H and O–H groups in total. The van der Waals surface area contributed by atoms with Gasteiger partial charge in [-0.3, -0.25) is 4.90 Å². The summed E-state index contributed by atoms with van der Waals surface area (Å²) in [7, 11) is -3.86. The lowest BCUT2D eigenvalue weighted by molar-refractivity contribution is 0.0692. The number of rotatable bonds is 7. The van der Waals surface area contributed by atoms with Crippen LogP contribution in [-0.2, 0) is 10.0 Å². The van der Waals surface area contributed by atoms with Crippen LogP contribution in [0, 0.1) is 0 Å². The van der Waals surface area contributed by atoms with Crippen molar-refractivity contribution in [3.8, 4) is 0 Å². The first kappa shape index (κ1) is 17.6. The Hall–Kier alpha value is -1.44. The Balaban J connectivity index is 3.51. The van der Waals surface area contributed by atoms with Crippen molar-refractivity contribution in [2.75, 3.05) is 13.1 Å². The van der Waals surface area contributed by atoms with E-state index in [2.05, 4.69) is 4.90 Å². The standard InChI is InChI=1S/C14H22N2O4S/c1-4-13(16(5-2)6-3)12-9-10(21(15,19)20)7-8-11(12)14(17)18/h7-9,13H,4-6H2,1-3H3,(H,17,18)(H2,15,19,20). The fraction of sp³-hybridized carbons (Fsp3) is 0.500. The maximum Gasteiger partial charge on any atom is 0.336 e. The van der Waals surface area contributed by atoms with Gasteiger partial charge in [0.2, 0.25) is 10.0 Å². The summed E-state index contributed by atoms with van der Waals surface area (Å²) < 4.78 is 23.0. The summed E-state index contributed by atoms with van der Waals surface area (Å²) in [5, 5.41) is 14.5. The first-order chi connectivity index (χ1) is 9.76. The van der Waals surface area contributed by atoms with Crippen LogP contribution in [-0.4, -0.2) is 37.5 Å². The summed E-state index contributed by atoms with van der Waals surface area (Å²) in [5.41, 5.74) is 0.598. The number of aromatic carboxylic acids is 1. The van der Waals surface area contributed by atoms with Gasteiger partial charge >= 0.3 is 5.97 Å². The number of nitrogens with zero attached hydrogens (tertiary/aromatic N) is 1. The Kier molecular flexibility index (Phi) is 5.88. The second-order valence-corrected chi connectivity index (χ2v) is 6.31. The highest BCUT2D eigenvalue weighted by Crippen LogP contribution is 2.29. The normalized spacial score (nSPS) is 13.4. The Morgan fingerprint density at radius 2 is 1.86 bits per heavy atom. The number of carboxylic acid groups (broad SMARTS) is 1. The molecule has 0 aromatic heterocycles. The smallest absolute Gasteiger partial charge is 0.336 e. The molecule has 0 aliphatic heterocycles. The number of carboxylic acids is 1. The summed E-state index contributed by atoms with van der Waals surface area (Å²) in [5.74, 6) is -1.07. The fourth-order valence-electron chi connectivity index (χ4n) is 2.53. The first-order valence-corrected chi connectivity index (χ1v) is 8.44. The summed E-state index contributed by atoms with van der Waals surface area (Å²) in [6.45, 7) is 7.39. The van der Waals surface area contributed by atoms with E-state index in [0.717, 1.165) is 13.1 Å². The highest BCUT2D eigenvalue weighted by atomic mass is 32.2. The Bertz CT molecular complexity index is 609. The van der Waals surface area contributed by atoms with Crippen molar-refractivity contribution in [2.45, 2.75) is 38.1 Å². The molecule has 1 aromatic carbocycles. The van der Waals surface area contributed by atoms with Gasteiger partial charge in [0.1, 0.15) is 0 Å². The minimum Gasteiger partial charge on any atom is -0.478 e. The molecule has 0 amide bonds. The Labute approximate surface area is 125 Å². The molecule has 1 rings (SSSR count). The van der Waals surface area contributed by atoms with Gasteiger partial charge in [0.25, 0.3) is 0 Å². The van der Waals surface area contributed by atoms with Crippen LogP contribution in [0.15, 0.2) is 23.1 Å². The molecule has 0 aliphatic carbocycles. The second-order valence-electron chi connectivity index (χ2n) is 4.74. The van der Waals surface area contributed by atoms with Crippen molar-refractivity contribution >= 4 is 16.0 Å². The van der Waals surface area contributed by atoms with Crippen LogP contribution < -0.4 is 5.14 Å². The molecule has 0 radical (unpaired) electrons. The molecule has 118 valence electrons.